The number of rotatable bonds is 1. The van der Waals surface area contributed by atoms with Crippen LogP contribution in [0.5, 0.6) is 0 Å². The van der Waals surface area contributed by atoms with E-state index in [1.165, 1.54) is 0 Å². The maximum absolute atomic E-state index is 6.20. The lowest BCUT2D eigenvalue weighted by Crippen LogP contribution is -2.36. The standard InChI is InChI=1S/C11H12ClN3O/c12-8-2-1-3-9-10(8)11(14-13-9)15-4-6-16-7-5-15/h1-3H,4-7H2,(H,13,14). The van der Waals surface area contributed by atoms with Crippen molar-refractivity contribution in [2.45, 2.75) is 0 Å². The number of hydrogen-bond donors (Lipinski definition) is 1. The van der Waals surface area contributed by atoms with Crippen LogP contribution in [0.2, 0.25) is 5.02 Å². The molecule has 1 saturated heterocycles. The predicted octanol–water partition coefficient (Wildman–Crippen LogP) is 2.05. The second-order valence-corrected chi connectivity index (χ2v) is 4.22. The molecule has 0 saturated carbocycles. The minimum atomic E-state index is 0.743. The van der Waals surface area contributed by atoms with Crippen molar-refractivity contribution < 1.29 is 4.74 Å². The molecule has 1 aliphatic heterocycles. The first kappa shape index (κ1) is 9.93. The van der Waals surface area contributed by atoms with Gasteiger partial charge < -0.3 is 9.64 Å². The van der Waals surface area contributed by atoms with Gasteiger partial charge in [-0.25, -0.2) is 0 Å². The molecule has 0 radical (unpaired) electrons. The van der Waals surface area contributed by atoms with Crippen molar-refractivity contribution >= 4 is 28.3 Å². The number of fused-ring (bicyclic) bond motifs is 1. The fourth-order valence-corrected chi connectivity index (χ4v) is 2.28. The van der Waals surface area contributed by atoms with Crippen LogP contribution in [0, 0.1) is 0 Å². The van der Waals surface area contributed by atoms with Gasteiger partial charge in [-0.1, -0.05) is 17.7 Å². The van der Waals surface area contributed by atoms with Gasteiger partial charge in [-0.3, -0.25) is 5.10 Å². The Morgan fingerprint density at radius 2 is 2.12 bits per heavy atom. The van der Waals surface area contributed by atoms with Gasteiger partial charge in [0.2, 0.25) is 0 Å². The van der Waals surface area contributed by atoms with Crippen LogP contribution in [-0.2, 0) is 4.74 Å². The topological polar surface area (TPSA) is 41.2 Å². The molecule has 16 heavy (non-hydrogen) atoms. The van der Waals surface area contributed by atoms with Gasteiger partial charge in [-0.2, -0.15) is 5.10 Å². The second-order valence-electron chi connectivity index (χ2n) is 3.81. The van der Waals surface area contributed by atoms with E-state index in [0.717, 1.165) is 48.0 Å². The third kappa shape index (κ3) is 1.54. The smallest absolute Gasteiger partial charge is 0.159 e. The Morgan fingerprint density at radius 1 is 1.31 bits per heavy atom. The maximum Gasteiger partial charge on any atom is 0.159 e. The fourth-order valence-electron chi connectivity index (χ4n) is 2.02. The summed E-state index contributed by atoms with van der Waals surface area (Å²) in [4.78, 5) is 2.20. The number of aromatic nitrogens is 2. The zero-order valence-corrected chi connectivity index (χ0v) is 9.50. The van der Waals surface area contributed by atoms with Crippen LogP contribution >= 0.6 is 11.6 Å². The van der Waals surface area contributed by atoms with Gasteiger partial charge in [0.15, 0.2) is 5.82 Å². The highest BCUT2D eigenvalue weighted by molar-refractivity contribution is 6.36. The molecule has 0 unspecified atom stereocenters. The van der Waals surface area contributed by atoms with Gasteiger partial charge in [0.1, 0.15) is 0 Å². The molecule has 1 aliphatic rings. The summed E-state index contributed by atoms with van der Waals surface area (Å²) in [5.41, 5.74) is 0.981. The molecule has 1 N–H and O–H groups in total. The number of aromatic amines is 1. The Kier molecular flexibility index (Phi) is 2.46. The van der Waals surface area contributed by atoms with Gasteiger partial charge in [0.05, 0.1) is 29.1 Å². The van der Waals surface area contributed by atoms with Gasteiger partial charge in [-0.05, 0) is 12.1 Å². The molecule has 1 fully saturated rings. The van der Waals surface area contributed by atoms with Crippen LogP contribution in [0.4, 0.5) is 5.82 Å². The molecule has 84 valence electrons. The first-order chi connectivity index (χ1) is 7.86. The van der Waals surface area contributed by atoms with E-state index in [1.54, 1.807) is 0 Å². The lowest BCUT2D eigenvalue weighted by Gasteiger charge is -2.27. The summed E-state index contributed by atoms with van der Waals surface area (Å²) in [6, 6.07) is 5.80. The zero-order valence-electron chi connectivity index (χ0n) is 8.74. The van der Waals surface area contributed by atoms with Crippen molar-refractivity contribution in [2.75, 3.05) is 31.2 Å². The SMILES string of the molecule is Clc1cccc2[nH]nc(N3CCOCC3)c12. The molecule has 3 rings (SSSR count). The Balaban J connectivity index is 2.09. The molecule has 2 aromatic rings. The quantitative estimate of drug-likeness (QED) is 0.826. The summed E-state index contributed by atoms with van der Waals surface area (Å²) < 4.78 is 5.33. The van der Waals surface area contributed by atoms with Gasteiger partial charge in [0, 0.05) is 13.1 Å². The maximum atomic E-state index is 6.20. The second kappa shape index (κ2) is 3.96. The highest BCUT2D eigenvalue weighted by Gasteiger charge is 2.18. The molecule has 1 aromatic heterocycles. The van der Waals surface area contributed by atoms with Crippen molar-refractivity contribution in [1.29, 1.82) is 0 Å². The Bertz CT molecular complexity index is 505. The van der Waals surface area contributed by atoms with E-state index in [4.69, 9.17) is 16.3 Å². The lowest BCUT2D eigenvalue weighted by atomic mass is 10.2. The monoisotopic (exact) mass is 237 g/mol. The van der Waals surface area contributed by atoms with Crippen LogP contribution < -0.4 is 4.90 Å². The molecule has 0 spiro atoms. The van der Waals surface area contributed by atoms with Crippen molar-refractivity contribution in [3.8, 4) is 0 Å². The molecule has 4 nitrogen and oxygen atoms in total. The van der Waals surface area contributed by atoms with Crippen LogP contribution in [0.3, 0.4) is 0 Å². The summed E-state index contributed by atoms with van der Waals surface area (Å²) in [7, 11) is 0. The van der Waals surface area contributed by atoms with Crippen molar-refractivity contribution in [1.82, 2.24) is 10.2 Å². The third-order valence-electron chi connectivity index (χ3n) is 2.83. The van der Waals surface area contributed by atoms with Gasteiger partial charge in [0.25, 0.3) is 0 Å². The Labute approximate surface area is 98.1 Å². The average molecular weight is 238 g/mol. The Morgan fingerprint density at radius 3 is 2.94 bits per heavy atom. The number of nitrogens with one attached hydrogen (secondary N) is 1. The highest BCUT2D eigenvalue weighted by atomic mass is 35.5. The Hall–Kier alpha value is -1.26. The first-order valence-electron chi connectivity index (χ1n) is 5.31. The zero-order chi connectivity index (χ0) is 11.0. The number of morpholine rings is 1. The number of H-pyrrole nitrogens is 1. The summed E-state index contributed by atoms with van der Waals surface area (Å²) in [5, 5.41) is 9.10. The summed E-state index contributed by atoms with van der Waals surface area (Å²) in [6.07, 6.45) is 0. The normalized spacial score (nSPS) is 16.9. The van der Waals surface area contributed by atoms with E-state index >= 15 is 0 Å². The molecular weight excluding hydrogens is 226 g/mol. The average Bonchev–Trinajstić information content (AvgIpc) is 2.75. The third-order valence-corrected chi connectivity index (χ3v) is 3.15. The number of ether oxygens (including phenoxy) is 1. The van der Waals surface area contributed by atoms with E-state index < -0.39 is 0 Å². The molecular formula is C11H12ClN3O. The number of nitrogens with zero attached hydrogens (tertiary/aromatic N) is 2. The summed E-state index contributed by atoms with van der Waals surface area (Å²) >= 11 is 6.20. The largest absolute Gasteiger partial charge is 0.378 e. The van der Waals surface area contributed by atoms with Crippen molar-refractivity contribution in [3.05, 3.63) is 23.2 Å². The molecule has 0 aliphatic carbocycles. The predicted molar refractivity (Wildman–Crippen MR) is 64.1 cm³/mol. The molecule has 0 bridgehead atoms. The highest BCUT2D eigenvalue weighted by Crippen LogP contribution is 2.30. The van der Waals surface area contributed by atoms with Crippen LogP contribution in [-0.4, -0.2) is 36.5 Å². The van der Waals surface area contributed by atoms with Crippen molar-refractivity contribution in [3.63, 3.8) is 0 Å². The van der Waals surface area contributed by atoms with Gasteiger partial charge in [-0.15, -0.1) is 0 Å². The molecule has 0 amide bonds. The van der Waals surface area contributed by atoms with E-state index in [2.05, 4.69) is 15.1 Å². The van der Waals surface area contributed by atoms with E-state index in [0.29, 0.717) is 0 Å². The van der Waals surface area contributed by atoms with Crippen LogP contribution in [0.15, 0.2) is 18.2 Å². The van der Waals surface area contributed by atoms with E-state index in [-0.39, 0.29) is 0 Å². The number of anilines is 1. The summed E-state index contributed by atoms with van der Waals surface area (Å²) in [5.74, 6) is 0.934. The minimum Gasteiger partial charge on any atom is -0.378 e. The lowest BCUT2D eigenvalue weighted by molar-refractivity contribution is 0.122. The molecule has 2 heterocycles. The summed E-state index contributed by atoms with van der Waals surface area (Å²) in [6.45, 7) is 3.23. The molecule has 0 atom stereocenters. The fraction of sp³-hybridized carbons (Fsp3) is 0.364. The number of benzene rings is 1. The van der Waals surface area contributed by atoms with Crippen LogP contribution in [0.1, 0.15) is 0 Å². The molecule has 1 aromatic carbocycles. The minimum absolute atomic E-state index is 0.743. The van der Waals surface area contributed by atoms with E-state index in [1.807, 2.05) is 18.2 Å². The van der Waals surface area contributed by atoms with Gasteiger partial charge >= 0.3 is 0 Å². The number of hydrogen-bond acceptors (Lipinski definition) is 3. The first-order valence-corrected chi connectivity index (χ1v) is 5.69. The molecule has 5 heteroatoms. The van der Waals surface area contributed by atoms with Crippen molar-refractivity contribution in [2.24, 2.45) is 0 Å². The number of halogens is 1. The van der Waals surface area contributed by atoms with E-state index in [9.17, 15) is 0 Å². The van der Waals surface area contributed by atoms with Crippen LogP contribution in [0.25, 0.3) is 10.9 Å².